The van der Waals surface area contributed by atoms with Crippen LogP contribution in [0, 0.1) is 13.8 Å². The van der Waals surface area contributed by atoms with Gasteiger partial charge in [0.05, 0.1) is 24.7 Å². The van der Waals surface area contributed by atoms with Crippen LogP contribution in [-0.2, 0) is 16.1 Å². The summed E-state index contributed by atoms with van der Waals surface area (Å²) in [7, 11) is 0. The molecule has 1 amide bonds. The molecule has 2 heterocycles. The van der Waals surface area contributed by atoms with Crippen LogP contribution in [-0.4, -0.2) is 32.7 Å². The van der Waals surface area contributed by atoms with Gasteiger partial charge in [0.25, 0.3) is 0 Å². The number of nitrogens with zero attached hydrogens (tertiary/aromatic N) is 2. The molecule has 1 aromatic heterocycles. The number of hydrogen-bond acceptors (Lipinski definition) is 4. The van der Waals surface area contributed by atoms with Crippen LogP contribution < -0.4 is 0 Å². The van der Waals surface area contributed by atoms with E-state index in [1.807, 2.05) is 19.9 Å². The molecule has 0 aliphatic carbocycles. The maximum absolute atomic E-state index is 12.4. The summed E-state index contributed by atoms with van der Waals surface area (Å²) in [6.07, 6.45) is -0.684. The van der Waals surface area contributed by atoms with E-state index in [-0.39, 0.29) is 6.42 Å². The fourth-order valence-corrected chi connectivity index (χ4v) is 2.69. The molecule has 1 unspecified atom stereocenters. The van der Waals surface area contributed by atoms with Crippen molar-refractivity contribution in [3.05, 3.63) is 28.6 Å². The molecule has 0 saturated carbocycles. The number of carbonyl (C=O) groups excluding carboxylic acids is 1. The SMILES string of the molecule is Cc1cc(C)c2c(n1)C(CC(=O)O)N(C(=O)OC(C)(C)C)C2. The van der Waals surface area contributed by atoms with Crippen molar-refractivity contribution in [2.24, 2.45) is 0 Å². The average molecular weight is 306 g/mol. The van der Waals surface area contributed by atoms with E-state index in [0.717, 1.165) is 16.8 Å². The lowest BCUT2D eigenvalue weighted by atomic mass is 10.0. The van der Waals surface area contributed by atoms with Crippen LogP contribution in [0.25, 0.3) is 0 Å². The third-order valence-electron chi connectivity index (χ3n) is 3.52. The number of aliphatic carboxylic acids is 1. The summed E-state index contributed by atoms with van der Waals surface area (Å²) >= 11 is 0. The van der Waals surface area contributed by atoms with Gasteiger partial charge in [0.15, 0.2) is 0 Å². The zero-order chi connectivity index (χ0) is 16.7. The Hall–Kier alpha value is -2.11. The quantitative estimate of drug-likeness (QED) is 0.908. The summed E-state index contributed by atoms with van der Waals surface area (Å²) in [5, 5.41) is 9.16. The van der Waals surface area contributed by atoms with Crippen LogP contribution in [0.1, 0.15) is 55.7 Å². The van der Waals surface area contributed by atoms with Crippen LogP contribution in [0.2, 0.25) is 0 Å². The smallest absolute Gasteiger partial charge is 0.411 e. The fraction of sp³-hybridized carbons (Fsp3) is 0.562. The third kappa shape index (κ3) is 3.37. The number of carboxylic acids is 1. The molecule has 1 aliphatic rings. The molecule has 0 fully saturated rings. The first-order chi connectivity index (χ1) is 10.1. The molecule has 0 saturated heterocycles. The summed E-state index contributed by atoms with van der Waals surface area (Å²) in [6, 6.07) is 1.36. The number of pyridine rings is 1. The van der Waals surface area contributed by atoms with Crippen molar-refractivity contribution < 1.29 is 19.4 Å². The maximum atomic E-state index is 12.4. The van der Waals surface area contributed by atoms with Gasteiger partial charge in [0, 0.05) is 5.69 Å². The first kappa shape index (κ1) is 16.3. The highest BCUT2D eigenvalue weighted by atomic mass is 16.6. The summed E-state index contributed by atoms with van der Waals surface area (Å²) in [5.74, 6) is -0.965. The van der Waals surface area contributed by atoms with Gasteiger partial charge >= 0.3 is 12.1 Å². The fourth-order valence-electron chi connectivity index (χ4n) is 2.69. The molecule has 1 atom stereocenters. The van der Waals surface area contributed by atoms with Gasteiger partial charge in [0.2, 0.25) is 0 Å². The van der Waals surface area contributed by atoms with E-state index in [0.29, 0.717) is 12.2 Å². The van der Waals surface area contributed by atoms with Gasteiger partial charge in [-0.25, -0.2) is 4.79 Å². The zero-order valence-corrected chi connectivity index (χ0v) is 13.6. The molecule has 120 valence electrons. The van der Waals surface area contributed by atoms with Gasteiger partial charge in [-0.2, -0.15) is 0 Å². The summed E-state index contributed by atoms with van der Waals surface area (Å²) in [4.78, 5) is 29.5. The lowest BCUT2D eigenvalue weighted by molar-refractivity contribution is -0.138. The second-order valence-electron chi connectivity index (χ2n) is 6.67. The Labute approximate surface area is 130 Å². The number of carboxylic acid groups (broad SMARTS) is 1. The van der Waals surface area contributed by atoms with E-state index in [4.69, 9.17) is 9.84 Å². The highest BCUT2D eigenvalue weighted by Crippen LogP contribution is 2.37. The normalized spacial score (nSPS) is 17.3. The molecule has 22 heavy (non-hydrogen) atoms. The van der Waals surface area contributed by atoms with Crippen molar-refractivity contribution in [3.63, 3.8) is 0 Å². The van der Waals surface area contributed by atoms with Crippen LogP contribution >= 0.6 is 0 Å². The zero-order valence-electron chi connectivity index (χ0n) is 13.6. The third-order valence-corrected chi connectivity index (χ3v) is 3.52. The van der Waals surface area contributed by atoms with Crippen LogP contribution in [0.15, 0.2) is 6.07 Å². The first-order valence-electron chi connectivity index (χ1n) is 7.27. The number of aryl methyl sites for hydroxylation is 2. The lowest BCUT2D eigenvalue weighted by Crippen LogP contribution is -2.36. The van der Waals surface area contributed by atoms with E-state index in [1.165, 1.54) is 4.90 Å². The molecule has 6 heteroatoms. The number of hydrogen-bond donors (Lipinski definition) is 1. The molecule has 1 aromatic rings. The van der Waals surface area contributed by atoms with Gasteiger partial charge in [0.1, 0.15) is 5.60 Å². The van der Waals surface area contributed by atoms with Gasteiger partial charge in [-0.05, 0) is 51.8 Å². The van der Waals surface area contributed by atoms with Crippen LogP contribution in [0.4, 0.5) is 4.79 Å². The highest BCUT2D eigenvalue weighted by Gasteiger charge is 2.39. The average Bonchev–Trinajstić information content (AvgIpc) is 2.65. The predicted octanol–water partition coefficient (Wildman–Crippen LogP) is 2.96. The van der Waals surface area contributed by atoms with E-state index in [9.17, 15) is 9.59 Å². The van der Waals surface area contributed by atoms with Crippen LogP contribution in [0.5, 0.6) is 0 Å². The molecular formula is C16H22N2O4. The summed E-state index contributed by atoms with van der Waals surface area (Å²) in [5.41, 5.74) is 2.80. The Bertz CT molecular complexity index is 619. The molecule has 0 aromatic carbocycles. The summed E-state index contributed by atoms with van der Waals surface area (Å²) in [6.45, 7) is 9.50. The van der Waals surface area contributed by atoms with Gasteiger partial charge < -0.3 is 9.84 Å². The van der Waals surface area contributed by atoms with E-state index >= 15 is 0 Å². The molecule has 6 nitrogen and oxygen atoms in total. The van der Waals surface area contributed by atoms with Crippen LogP contribution in [0.3, 0.4) is 0 Å². The van der Waals surface area contributed by atoms with Gasteiger partial charge in [-0.1, -0.05) is 0 Å². The number of carbonyl (C=O) groups is 2. The van der Waals surface area contributed by atoms with Crippen molar-refractivity contribution in [2.45, 2.75) is 59.2 Å². The van der Waals surface area contributed by atoms with Crippen molar-refractivity contribution >= 4 is 12.1 Å². The van der Waals surface area contributed by atoms with Gasteiger partial charge in [-0.15, -0.1) is 0 Å². The number of amides is 1. The minimum atomic E-state index is -0.965. The summed E-state index contributed by atoms with van der Waals surface area (Å²) < 4.78 is 5.40. The Kier molecular flexibility index (Phi) is 4.13. The Morgan fingerprint density at radius 2 is 2.05 bits per heavy atom. The monoisotopic (exact) mass is 306 g/mol. The van der Waals surface area contributed by atoms with Crippen molar-refractivity contribution in [2.75, 3.05) is 0 Å². The number of ether oxygens (including phenoxy) is 1. The van der Waals surface area contributed by atoms with Crippen molar-refractivity contribution in [1.82, 2.24) is 9.88 Å². The topological polar surface area (TPSA) is 79.7 Å². The second-order valence-corrected chi connectivity index (χ2v) is 6.67. The second kappa shape index (κ2) is 5.59. The molecule has 2 rings (SSSR count). The largest absolute Gasteiger partial charge is 0.481 e. The molecular weight excluding hydrogens is 284 g/mol. The molecule has 0 spiro atoms. The lowest BCUT2D eigenvalue weighted by Gasteiger charge is -2.27. The molecule has 0 bridgehead atoms. The minimum Gasteiger partial charge on any atom is -0.481 e. The molecule has 1 N–H and O–H groups in total. The maximum Gasteiger partial charge on any atom is 0.411 e. The van der Waals surface area contributed by atoms with E-state index in [1.54, 1.807) is 20.8 Å². The Balaban J connectivity index is 2.38. The van der Waals surface area contributed by atoms with E-state index < -0.39 is 23.7 Å². The Morgan fingerprint density at radius 3 is 2.59 bits per heavy atom. The molecule has 0 radical (unpaired) electrons. The number of fused-ring (bicyclic) bond motifs is 1. The Morgan fingerprint density at radius 1 is 1.41 bits per heavy atom. The number of rotatable bonds is 2. The van der Waals surface area contributed by atoms with E-state index in [2.05, 4.69) is 4.98 Å². The highest BCUT2D eigenvalue weighted by molar-refractivity contribution is 5.73. The van der Waals surface area contributed by atoms with Crippen molar-refractivity contribution in [3.8, 4) is 0 Å². The first-order valence-corrected chi connectivity index (χ1v) is 7.27. The predicted molar refractivity (Wildman–Crippen MR) is 80.5 cm³/mol. The van der Waals surface area contributed by atoms with Gasteiger partial charge in [-0.3, -0.25) is 14.7 Å². The minimum absolute atomic E-state index is 0.178. The number of aromatic nitrogens is 1. The molecule has 1 aliphatic heterocycles. The van der Waals surface area contributed by atoms with Crippen molar-refractivity contribution in [1.29, 1.82) is 0 Å². The standard InChI is InChI=1S/C16H22N2O4/c1-9-6-10(2)17-14-11(9)8-18(12(14)7-13(19)20)15(21)22-16(3,4)5/h6,12H,7-8H2,1-5H3,(H,19,20).